The normalized spacial score (nSPS) is 10.6. The van der Waals surface area contributed by atoms with Gasteiger partial charge in [0.2, 0.25) is 0 Å². The molecule has 3 nitrogen and oxygen atoms in total. The lowest BCUT2D eigenvalue weighted by molar-refractivity contribution is 0.229. The molecule has 5 heteroatoms. The van der Waals surface area contributed by atoms with E-state index in [0.717, 1.165) is 0 Å². The third kappa shape index (κ3) is 1.86. The molecule has 0 bridgehead atoms. The molecule has 0 amide bonds. The molecule has 15 heavy (non-hydrogen) atoms. The van der Waals surface area contributed by atoms with E-state index in [-0.39, 0.29) is 23.0 Å². The summed E-state index contributed by atoms with van der Waals surface area (Å²) < 4.78 is 18.3. The lowest BCUT2D eigenvalue weighted by Crippen LogP contribution is -1.84. The lowest BCUT2D eigenvalue weighted by atomic mass is 10.1. The molecule has 0 fully saturated rings. The summed E-state index contributed by atoms with van der Waals surface area (Å²) in [6, 6.07) is 6.08. The quantitative estimate of drug-likeness (QED) is 0.858. The molecule has 0 spiro atoms. The van der Waals surface area contributed by atoms with Crippen molar-refractivity contribution < 1.29 is 14.0 Å². The molecule has 2 aromatic rings. The SMILES string of the molecule is OCc1cc(-c2cccc(Cl)c2F)no1. The number of aliphatic hydroxyl groups excluding tert-OH is 1. The van der Waals surface area contributed by atoms with Crippen molar-refractivity contribution >= 4 is 11.6 Å². The van der Waals surface area contributed by atoms with Gasteiger partial charge in [0.1, 0.15) is 12.3 Å². The highest BCUT2D eigenvalue weighted by molar-refractivity contribution is 6.31. The Kier molecular flexibility index (Phi) is 2.70. The Labute approximate surface area is 90.1 Å². The van der Waals surface area contributed by atoms with Gasteiger partial charge in [0.05, 0.1) is 5.02 Å². The second-order valence-corrected chi connectivity index (χ2v) is 3.35. The minimum absolute atomic E-state index is 0.0287. The number of benzene rings is 1. The first-order valence-corrected chi connectivity index (χ1v) is 4.61. The number of aromatic nitrogens is 1. The first-order chi connectivity index (χ1) is 7.22. The molecule has 1 heterocycles. The number of rotatable bonds is 2. The minimum Gasteiger partial charge on any atom is -0.388 e. The molecular formula is C10H7ClFNO2. The van der Waals surface area contributed by atoms with Crippen LogP contribution in [0.15, 0.2) is 28.8 Å². The Bertz CT molecular complexity index is 484. The Balaban J connectivity index is 2.49. The third-order valence-corrected chi connectivity index (χ3v) is 2.23. The highest BCUT2D eigenvalue weighted by atomic mass is 35.5. The summed E-state index contributed by atoms with van der Waals surface area (Å²) in [5.41, 5.74) is 0.574. The number of halogens is 2. The topological polar surface area (TPSA) is 46.3 Å². The predicted molar refractivity (Wildman–Crippen MR) is 52.8 cm³/mol. The molecule has 0 atom stereocenters. The zero-order chi connectivity index (χ0) is 10.8. The second kappa shape index (κ2) is 4.00. The van der Waals surface area contributed by atoms with Crippen LogP contribution in [-0.2, 0) is 6.61 Å². The van der Waals surface area contributed by atoms with Crippen molar-refractivity contribution in [3.8, 4) is 11.3 Å². The van der Waals surface area contributed by atoms with E-state index >= 15 is 0 Å². The van der Waals surface area contributed by atoms with Gasteiger partial charge in [0.25, 0.3) is 0 Å². The van der Waals surface area contributed by atoms with Crippen LogP contribution in [0.25, 0.3) is 11.3 Å². The third-order valence-electron chi connectivity index (χ3n) is 1.94. The molecule has 1 aromatic carbocycles. The van der Waals surface area contributed by atoms with Crippen molar-refractivity contribution in [2.45, 2.75) is 6.61 Å². The molecule has 0 unspecified atom stereocenters. The first kappa shape index (κ1) is 10.1. The summed E-state index contributed by atoms with van der Waals surface area (Å²) >= 11 is 5.62. The molecule has 0 aliphatic heterocycles. The van der Waals surface area contributed by atoms with Crippen LogP contribution in [0.4, 0.5) is 4.39 Å². The smallest absolute Gasteiger partial charge is 0.162 e. The summed E-state index contributed by atoms with van der Waals surface area (Å²) in [7, 11) is 0. The number of nitrogens with zero attached hydrogens (tertiary/aromatic N) is 1. The van der Waals surface area contributed by atoms with Crippen molar-refractivity contribution in [2.24, 2.45) is 0 Å². The largest absolute Gasteiger partial charge is 0.388 e. The van der Waals surface area contributed by atoms with E-state index in [9.17, 15) is 4.39 Å². The maximum atomic E-state index is 13.5. The molecular weight excluding hydrogens is 221 g/mol. The van der Waals surface area contributed by atoms with Gasteiger partial charge in [-0.15, -0.1) is 0 Å². The Hall–Kier alpha value is -1.39. The van der Waals surface area contributed by atoms with E-state index in [1.54, 1.807) is 12.1 Å². The molecule has 0 aliphatic rings. The van der Waals surface area contributed by atoms with Crippen LogP contribution < -0.4 is 0 Å². The fourth-order valence-electron chi connectivity index (χ4n) is 1.22. The standard InChI is InChI=1S/C10H7ClFNO2/c11-8-3-1-2-7(10(8)12)9-4-6(5-14)15-13-9/h1-4,14H,5H2. The fraction of sp³-hybridized carbons (Fsp3) is 0.100. The van der Waals surface area contributed by atoms with Crippen molar-refractivity contribution in [2.75, 3.05) is 0 Å². The van der Waals surface area contributed by atoms with Gasteiger partial charge in [-0.25, -0.2) is 4.39 Å². The van der Waals surface area contributed by atoms with Crippen LogP contribution in [0.2, 0.25) is 5.02 Å². The average Bonchev–Trinajstić information content (AvgIpc) is 2.70. The van der Waals surface area contributed by atoms with E-state index in [4.69, 9.17) is 21.2 Å². The van der Waals surface area contributed by atoms with Crippen LogP contribution in [0.3, 0.4) is 0 Å². The van der Waals surface area contributed by atoms with Crippen LogP contribution in [0.1, 0.15) is 5.76 Å². The summed E-state index contributed by atoms with van der Waals surface area (Å²) in [6.45, 7) is -0.269. The number of hydrogen-bond donors (Lipinski definition) is 1. The van der Waals surface area contributed by atoms with Crippen molar-refractivity contribution in [1.82, 2.24) is 5.16 Å². The zero-order valence-electron chi connectivity index (χ0n) is 7.58. The van der Waals surface area contributed by atoms with E-state index < -0.39 is 5.82 Å². The van der Waals surface area contributed by atoms with E-state index in [1.807, 2.05) is 0 Å². The molecule has 1 aromatic heterocycles. The van der Waals surface area contributed by atoms with Crippen molar-refractivity contribution in [1.29, 1.82) is 0 Å². The van der Waals surface area contributed by atoms with Gasteiger partial charge < -0.3 is 9.63 Å². The van der Waals surface area contributed by atoms with Gasteiger partial charge in [0, 0.05) is 11.6 Å². The van der Waals surface area contributed by atoms with E-state index in [1.165, 1.54) is 12.1 Å². The summed E-state index contributed by atoms with van der Waals surface area (Å²) in [4.78, 5) is 0. The van der Waals surface area contributed by atoms with Crippen molar-refractivity contribution in [3.05, 3.63) is 40.9 Å². The molecule has 78 valence electrons. The Morgan fingerprint density at radius 2 is 2.27 bits per heavy atom. The van der Waals surface area contributed by atoms with Crippen LogP contribution in [0.5, 0.6) is 0 Å². The fourth-order valence-corrected chi connectivity index (χ4v) is 1.39. The average molecular weight is 228 g/mol. The van der Waals surface area contributed by atoms with Gasteiger partial charge in [-0.05, 0) is 12.1 Å². The monoisotopic (exact) mass is 227 g/mol. The summed E-state index contributed by atoms with van der Waals surface area (Å²) in [5.74, 6) is -0.263. The van der Waals surface area contributed by atoms with E-state index in [2.05, 4.69) is 5.16 Å². The Morgan fingerprint density at radius 1 is 1.47 bits per heavy atom. The number of aliphatic hydroxyl groups is 1. The van der Waals surface area contributed by atoms with Gasteiger partial charge in [0.15, 0.2) is 11.6 Å². The van der Waals surface area contributed by atoms with Gasteiger partial charge in [-0.2, -0.15) is 0 Å². The molecule has 2 rings (SSSR count). The highest BCUT2D eigenvalue weighted by Crippen LogP contribution is 2.26. The second-order valence-electron chi connectivity index (χ2n) is 2.94. The molecule has 1 N–H and O–H groups in total. The van der Waals surface area contributed by atoms with Crippen LogP contribution >= 0.6 is 11.6 Å². The summed E-state index contributed by atoms with van der Waals surface area (Å²) in [6.07, 6.45) is 0. The lowest BCUT2D eigenvalue weighted by Gasteiger charge is -1.98. The van der Waals surface area contributed by atoms with E-state index in [0.29, 0.717) is 5.69 Å². The van der Waals surface area contributed by atoms with Gasteiger partial charge >= 0.3 is 0 Å². The Morgan fingerprint density at radius 3 is 2.93 bits per heavy atom. The van der Waals surface area contributed by atoms with Gasteiger partial charge in [-0.3, -0.25) is 0 Å². The minimum atomic E-state index is -0.544. The molecule has 0 saturated carbocycles. The summed E-state index contributed by atoms with van der Waals surface area (Å²) in [5, 5.41) is 12.4. The highest BCUT2D eigenvalue weighted by Gasteiger charge is 2.12. The van der Waals surface area contributed by atoms with Crippen molar-refractivity contribution in [3.63, 3.8) is 0 Å². The maximum absolute atomic E-state index is 13.5. The maximum Gasteiger partial charge on any atom is 0.162 e. The van der Waals surface area contributed by atoms with Gasteiger partial charge in [-0.1, -0.05) is 22.8 Å². The molecule has 0 radical (unpaired) electrons. The zero-order valence-corrected chi connectivity index (χ0v) is 8.33. The predicted octanol–water partition coefficient (Wildman–Crippen LogP) is 2.63. The molecule has 0 saturated heterocycles. The molecule has 0 aliphatic carbocycles. The van der Waals surface area contributed by atoms with Crippen LogP contribution in [0, 0.1) is 5.82 Å². The number of hydrogen-bond acceptors (Lipinski definition) is 3. The van der Waals surface area contributed by atoms with Crippen LogP contribution in [-0.4, -0.2) is 10.3 Å². The first-order valence-electron chi connectivity index (χ1n) is 4.23.